The van der Waals surface area contributed by atoms with Crippen molar-refractivity contribution < 1.29 is 9.53 Å². The van der Waals surface area contributed by atoms with Crippen molar-refractivity contribution in [3.8, 4) is 16.3 Å². The lowest BCUT2D eigenvalue weighted by Crippen LogP contribution is -2.11. The first-order chi connectivity index (χ1) is 12.0. The molecule has 0 radical (unpaired) electrons. The zero-order valence-electron chi connectivity index (χ0n) is 14.3. The Labute approximate surface area is 154 Å². The van der Waals surface area contributed by atoms with E-state index in [2.05, 4.69) is 4.98 Å². The van der Waals surface area contributed by atoms with Crippen molar-refractivity contribution in [3.05, 3.63) is 50.4 Å². The molecule has 0 fully saturated rings. The molecule has 0 spiro atoms. The Hall–Kier alpha value is -2.25. The van der Waals surface area contributed by atoms with Crippen LogP contribution in [-0.2, 0) is 6.42 Å². The molecule has 3 aromatic rings. The van der Waals surface area contributed by atoms with Gasteiger partial charge in [0, 0.05) is 22.9 Å². The summed E-state index contributed by atoms with van der Waals surface area (Å²) in [5, 5.41) is 4.05. The van der Waals surface area contributed by atoms with Crippen LogP contribution >= 0.6 is 22.7 Å². The number of nitrogens with zero attached hydrogens (tertiary/aromatic N) is 2. The third-order valence-corrected chi connectivity index (χ3v) is 5.62. The number of hydrogen-bond acceptors (Lipinski definition) is 6. The van der Waals surface area contributed by atoms with E-state index in [1.165, 1.54) is 0 Å². The van der Waals surface area contributed by atoms with E-state index in [0.29, 0.717) is 18.6 Å². The average molecular weight is 374 g/mol. The van der Waals surface area contributed by atoms with Crippen LogP contribution in [0.25, 0.3) is 10.6 Å². The molecule has 7 heteroatoms. The number of ether oxygens (including phenoxy) is 1. The Balaban J connectivity index is 1.91. The summed E-state index contributed by atoms with van der Waals surface area (Å²) in [6, 6.07) is 5.27. The molecule has 1 aromatic carbocycles. The monoisotopic (exact) mass is 373 g/mol. The van der Waals surface area contributed by atoms with Crippen molar-refractivity contribution in [3.63, 3.8) is 0 Å². The highest BCUT2D eigenvalue weighted by molar-refractivity contribution is 7.15. The molecule has 3 rings (SSSR count). The van der Waals surface area contributed by atoms with Gasteiger partial charge in [-0.15, -0.1) is 22.7 Å². The maximum absolute atomic E-state index is 11.5. The number of benzene rings is 1. The van der Waals surface area contributed by atoms with Crippen LogP contribution in [0.4, 0.5) is 0 Å². The van der Waals surface area contributed by atoms with Crippen molar-refractivity contribution in [1.29, 1.82) is 0 Å². The van der Waals surface area contributed by atoms with Gasteiger partial charge in [0.05, 0.1) is 32.9 Å². The highest BCUT2D eigenvalue weighted by Crippen LogP contribution is 2.32. The van der Waals surface area contributed by atoms with Crippen LogP contribution in [-0.4, -0.2) is 22.5 Å². The van der Waals surface area contributed by atoms with Gasteiger partial charge < -0.3 is 10.5 Å². The Kier molecular flexibility index (Phi) is 5.15. The zero-order chi connectivity index (χ0) is 18.0. The lowest BCUT2D eigenvalue weighted by molar-refractivity contribution is 0.1000. The molecule has 1 amide bonds. The van der Waals surface area contributed by atoms with Crippen molar-refractivity contribution in [2.45, 2.75) is 27.2 Å². The van der Waals surface area contributed by atoms with Crippen LogP contribution in [0.1, 0.15) is 38.6 Å². The van der Waals surface area contributed by atoms with Gasteiger partial charge >= 0.3 is 0 Å². The molecule has 0 unspecified atom stereocenters. The molecule has 130 valence electrons. The maximum atomic E-state index is 11.5. The second-order valence-electron chi connectivity index (χ2n) is 5.57. The summed E-state index contributed by atoms with van der Waals surface area (Å²) in [6.45, 7) is 6.49. The number of primary amides is 1. The molecular formula is C18H19N3O2S2. The van der Waals surface area contributed by atoms with Gasteiger partial charge in [-0.25, -0.2) is 9.97 Å². The van der Waals surface area contributed by atoms with Crippen LogP contribution in [0.2, 0.25) is 0 Å². The minimum Gasteiger partial charge on any atom is -0.494 e. The molecule has 25 heavy (non-hydrogen) atoms. The number of rotatable bonds is 6. The number of nitrogens with two attached hydrogens (primary N) is 1. The summed E-state index contributed by atoms with van der Waals surface area (Å²) in [5.74, 6) is 0.314. The normalized spacial score (nSPS) is 10.8. The van der Waals surface area contributed by atoms with E-state index in [1.807, 2.05) is 26.2 Å². The van der Waals surface area contributed by atoms with Gasteiger partial charge in [-0.05, 0) is 39.0 Å². The van der Waals surface area contributed by atoms with Crippen LogP contribution in [0.3, 0.4) is 0 Å². The number of aromatic nitrogens is 2. The largest absolute Gasteiger partial charge is 0.494 e. The lowest BCUT2D eigenvalue weighted by atomic mass is 10.1. The second-order valence-corrected chi connectivity index (χ2v) is 7.72. The highest BCUT2D eigenvalue weighted by Gasteiger charge is 2.14. The minimum absolute atomic E-state index is 0.445. The Morgan fingerprint density at radius 2 is 2.08 bits per heavy atom. The number of hydrogen-bond donors (Lipinski definition) is 1. The topological polar surface area (TPSA) is 78.1 Å². The van der Waals surface area contributed by atoms with Crippen LogP contribution in [0.15, 0.2) is 23.6 Å². The first-order valence-electron chi connectivity index (χ1n) is 7.92. The maximum Gasteiger partial charge on any atom is 0.248 e. The minimum atomic E-state index is -0.445. The van der Waals surface area contributed by atoms with Gasteiger partial charge in [0.25, 0.3) is 0 Å². The third kappa shape index (κ3) is 3.88. The zero-order valence-corrected chi connectivity index (χ0v) is 16.0. The number of thiazole rings is 2. The summed E-state index contributed by atoms with van der Waals surface area (Å²) in [7, 11) is 0. The number of amides is 1. The van der Waals surface area contributed by atoms with E-state index in [0.717, 1.165) is 37.6 Å². The average Bonchev–Trinajstić information content (AvgIpc) is 3.15. The highest BCUT2D eigenvalue weighted by atomic mass is 32.1. The standard InChI is InChI=1S/C18H19N3O2S2/c1-4-23-15-6-5-12(18(19)22)7-13(15)8-16-21-14(9-24-16)17-10(2)20-11(3)25-17/h5-7,9H,4,8H2,1-3H3,(H2,19,22). The van der Waals surface area contributed by atoms with Gasteiger partial charge in [0.2, 0.25) is 5.91 Å². The van der Waals surface area contributed by atoms with Crippen molar-refractivity contribution in [2.75, 3.05) is 6.61 Å². The van der Waals surface area contributed by atoms with E-state index in [9.17, 15) is 4.79 Å². The molecule has 0 atom stereocenters. The fourth-order valence-corrected chi connectivity index (χ4v) is 4.36. The molecule has 0 bridgehead atoms. The van der Waals surface area contributed by atoms with E-state index in [-0.39, 0.29) is 0 Å². The molecule has 0 saturated heterocycles. The van der Waals surface area contributed by atoms with Crippen molar-refractivity contribution >= 4 is 28.6 Å². The number of carbonyl (C=O) groups excluding carboxylic acids is 1. The summed E-state index contributed by atoms with van der Waals surface area (Å²) >= 11 is 3.25. The molecule has 0 aliphatic rings. The van der Waals surface area contributed by atoms with Crippen LogP contribution in [0.5, 0.6) is 5.75 Å². The molecule has 0 saturated carbocycles. The fraction of sp³-hybridized carbons (Fsp3) is 0.278. The van der Waals surface area contributed by atoms with Gasteiger partial charge in [-0.3, -0.25) is 4.79 Å². The molecule has 2 heterocycles. The van der Waals surface area contributed by atoms with Gasteiger partial charge in [0.1, 0.15) is 5.75 Å². The van der Waals surface area contributed by atoms with Crippen molar-refractivity contribution in [1.82, 2.24) is 9.97 Å². The number of aryl methyl sites for hydroxylation is 2. The summed E-state index contributed by atoms with van der Waals surface area (Å²) in [5.41, 5.74) is 8.75. The first-order valence-corrected chi connectivity index (χ1v) is 9.62. The quantitative estimate of drug-likeness (QED) is 0.709. The van der Waals surface area contributed by atoms with Gasteiger partial charge in [-0.2, -0.15) is 0 Å². The molecule has 0 aliphatic carbocycles. The molecule has 2 aromatic heterocycles. The third-order valence-electron chi connectivity index (χ3n) is 3.67. The Morgan fingerprint density at radius 3 is 2.72 bits per heavy atom. The molecule has 2 N–H and O–H groups in total. The number of carbonyl (C=O) groups is 1. The molecular weight excluding hydrogens is 354 g/mol. The second kappa shape index (κ2) is 7.33. The van der Waals surface area contributed by atoms with Gasteiger partial charge in [0.15, 0.2) is 0 Å². The lowest BCUT2D eigenvalue weighted by Gasteiger charge is -2.10. The van der Waals surface area contributed by atoms with Crippen molar-refractivity contribution in [2.24, 2.45) is 5.73 Å². The summed E-state index contributed by atoms with van der Waals surface area (Å²) < 4.78 is 5.67. The Bertz CT molecular complexity index is 915. The Morgan fingerprint density at radius 1 is 1.28 bits per heavy atom. The molecule has 0 aliphatic heterocycles. The smallest absolute Gasteiger partial charge is 0.248 e. The summed E-state index contributed by atoms with van der Waals surface area (Å²) in [6.07, 6.45) is 0.595. The predicted octanol–water partition coefficient (Wildman–Crippen LogP) is 3.97. The first kappa shape index (κ1) is 17.6. The van der Waals surface area contributed by atoms with Crippen LogP contribution < -0.4 is 10.5 Å². The van der Waals surface area contributed by atoms with E-state index in [4.69, 9.17) is 15.5 Å². The van der Waals surface area contributed by atoms with E-state index in [1.54, 1.807) is 40.9 Å². The van der Waals surface area contributed by atoms with Gasteiger partial charge in [-0.1, -0.05) is 0 Å². The van der Waals surface area contributed by atoms with E-state index >= 15 is 0 Å². The summed E-state index contributed by atoms with van der Waals surface area (Å²) in [4.78, 5) is 21.8. The predicted molar refractivity (Wildman–Crippen MR) is 102 cm³/mol. The van der Waals surface area contributed by atoms with E-state index < -0.39 is 5.91 Å². The van der Waals surface area contributed by atoms with Crippen LogP contribution in [0, 0.1) is 13.8 Å². The SMILES string of the molecule is CCOc1ccc(C(N)=O)cc1Cc1nc(-c2sc(C)nc2C)cs1. The molecule has 5 nitrogen and oxygen atoms in total. The fourth-order valence-electron chi connectivity index (χ4n) is 2.60.